The highest BCUT2D eigenvalue weighted by atomic mass is 127. The van der Waals surface area contributed by atoms with Gasteiger partial charge in [-0.1, -0.05) is 29.8 Å². The molecule has 0 aromatic heterocycles. The smallest absolute Gasteiger partial charge is 0.241 e. The van der Waals surface area contributed by atoms with Crippen LogP contribution in [0, 0.1) is 32.7 Å². The third-order valence-corrected chi connectivity index (χ3v) is 11.2. The van der Waals surface area contributed by atoms with E-state index in [2.05, 4.69) is 0 Å². The monoisotopic (exact) mass is 730 g/mol. The fourth-order valence-electron chi connectivity index (χ4n) is 8.23. The Morgan fingerprint density at radius 2 is 1.59 bits per heavy atom. The van der Waals surface area contributed by atoms with E-state index in [1.807, 2.05) is 41.7 Å². The van der Waals surface area contributed by atoms with Crippen molar-refractivity contribution in [2.75, 3.05) is 16.9 Å². The number of anilines is 2. The van der Waals surface area contributed by atoms with Crippen molar-refractivity contribution in [3.8, 4) is 11.5 Å². The number of benzene rings is 3. The number of nitrogens with zero attached hydrogens (tertiary/aromatic N) is 2. The number of rotatable bonds is 5. The number of fused-ring (bicyclic) bond motifs is 4. The summed E-state index contributed by atoms with van der Waals surface area (Å²) in [7, 11) is 1.45. The van der Waals surface area contributed by atoms with Gasteiger partial charge >= 0.3 is 0 Å². The number of carbonyl (C=O) groups excluding carboxylic acids is 5. The number of carbonyl (C=O) groups is 5. The van der Waals surface area contributed by atoms with Crippen LogP contribution in [-0.4, -0.2) is 41.6 Å². The molecule has 0 bridgehead atoms. The number of halogens is 1. The topological polar surface area (TPSA) is 121 Å². The summed E-state index contributed by atoms with van der Waals surface area (Å²) >= 11 is 2.02. The van der Waals surface area contributed by atoms with E-state index >= 15 is 0 Å². The van der Waals surface area contributed by atoms with Crippen molar-refractivity contribution in [2.24, 2.45) is 29.1 Å². The number of para-hydroxylation sites is 1. The van der Waals surface area contributed by atoms with Gasteiger partial charge in [0.25, 0.3) is 0 Å². The average molecular weight is 731 g/mol. The summed E-state index contributed by atoms with van der Waals surface area (Å²) < 4.78 is 6.02. The lowest BCUT2D eigenvalue weighted by atomic mass is 9.51. The summed E-state index contributed by atoms with van der Waals surface area (Å²) in [6.07, 6.45) is 2.52. The maximum absolute atomic E-state index is 14.5. The van der Waals surface area contributed by atoms with Crippen LogP contribution in [0.2, 0.25) is 0 Å². The van der Waals surface area contributed by atoms with Gasteiger partial charge in [0.05, 0.1) is 45.2 Å². The van der Waals surface area contributed by atoms with Gasteiger partial charge in [0, 0.05) is 11.5 Å². The van der Waals surface area contributed by atoms with Crippen LogP contribution in [0.4, 0.5) is 11.4 Å². The quantitative estimate of drug-likeness (QED) is 0.156. The lowest BCUT2D eigenvalue weighted by Gasteiger charge is -2.49. The van der Waals surface area contributed by atoms with E-state index in [1.165, 1.54) is 23.8 Å². The second-order valence-corrected chi connectivity index (χ2v) is 13.8. The predicted octanol–water partition coefficient (Wildman–Crippen LogP) is 5.64. The van der Waals surface area contributed by atoms with Crippen molar-refractivity contribution in [1.29, 1.82) is 0 Å². The molecule has 2 aliphatic heterocycles. The van der Waals surface area contributed by atoms with Crippen molar-refractivity contribution in [3.63, 3.8) is 0 Å². The van der Waals surface area contributed by atoms with Gasteiger partial charge in [-0.3, -0.25) is 28.9 Å². The van der Waals surface area contributed by atoms with Gasteiger partial charge in [0.1, 0.15) is 0 Å². The van der Waals surface area contributed by atoms with E-state index in [9.17, 15) is 29.1 Å². The molecule has 2 saturated heterocycles. The molecule has 9 nitrogen and oxygen atoms in total. The first-order chi connectivity index (χ1) is 22.0. The summed E-state index contributed by atoms with van der Waals surface area (Å²) in [5, 5.41) is 10.7. The third kappa shape index (κ3) is 4.21. The molecule has 3 aromatic rings. The Balaban J connectivity index is 1.37. The number of allylic oxidation sites excluding steroid dienone is 2. The molecule has 0 spiro atoms. The highest BCUT2D eigenvalue weighted by molar-refractivity contribution is 14.1. The zero-order valence-electron chi connectivity index (χ0n) is 25.4. The Labute approximate surface area is 279 Å². The van der Waals surface area contributed by atoms with Gasteiger partial charge in [-0.25, -0.2) is 4.90 Å². The van der Waals surface area contributed by atoms with Gasteiger partial charge in [-0.2, -0.15) is 0 Å². The maximum atomic E-state index is 14.5. The fourth-order valence-corrected chi connectivity index (χ4v) is 8.86. The van der Waals surface area contributed by atoms with Gasteiger partial charge in [0.15, 0.2) is 17.3 Å². The summed E-state index contributed by atoms with van der Waals surface area (Å²) in [6.45, 7) is 3.28. The predicted molar refractivity (Wildman–Crippen MR) is 177 cm³/mol. The van der Waals surface area contributed by atoms with Crippen molar-refractivity contribution >= 4 is 63.4 Å². The number of amides is 4. The molecule has 0 radical (unpaired) electrons. The molecule has 7 rings (SSSR count). The van der Waals surface area contributed by atoms with Gasteiger partial charge in [-0.15, -0.1) is 0 Å². The van der Waals surface area contributed by atoms with Crippen LogP contribution in [-0.2, 0) is 19.2 Å². The average Bonchev–Trinajstić information content (AvgIpc) is 3.42. The first-order valence-electron chi connectivity index (χ1n) is 15.2. The minimum atomic E-state index is -1.21. The molecule has 46 heavy (non-hydrogen) atoms. The van der Waals surface area contributed by atoms with E-state index < -0.39 is 35.0 Å². The number of hydrogen-bond acceptors (Lipinski definition) is 7. The molecule has 6 atom stereocenters. The molecule has 1 N–H and O–H groups in total. The maximum Gasteiger partial charge on any atom is 0.241 e. The second kappa shape index (κ2) is 10.9. The van der Waals surface area contributed by atoms with Crippen LogP contribution >= 0.6 is 22.6 Å². The SMILES string of the molecule is COc1cc(C2C3=CCC4C(=O)N(c5ccc(C(C)=O)cc5)C(=O)C4C3CC3C(=O)N(c4ccccc4)C(=O)C32C)cc(I)c1O. The Hall–Kier alpha value is -4.32. The molecule has 234 valence electrons. The first kappa shape index (κ1) is 30.3. The third-order valence-electron chi connectivity index (χ3n) is 10.4. The summed E-state index contributed by atoms with van der Waals surface area (Å²) in [6, 6.07) is 18.8. The molecule has 3 aromatic carbocycles. The molecule has 4 amide bonds. The van der Waals surface area contributed by atoms with Crippen LogP contribution < -0.4 is 14.5 Å². The second-order valence-electron chi connectivity index (χ2n) is 12.7. The molecule has 3 fully saturated rings. The lowest BCUT2D eigenvalue weighted by Crippen LogP contribution is -2.48. The number of hydrogen-bond donors (Lipinski definition) is 1. The number of aromatic hydroxyl groups is 1. The van der Waals surface area contributed by atoms with Gasteiger partial charge < -0.3 is 9.84 Å². The standard InChI is InChI=1S/C36H31IN2O7/c1-18(40)19-9-11-22(12-10-19)38-32(42)24-14-13-23-25(29(24)34(38)44)17-26-33(43)39(21-7-5-4-6-8-21)35(45)36(26,2)30(23)20-15-27(37)31(41)28(16-20)46-3/h4-13,15-16,24-26,29-30,41H,14,17H2,1-3H3. The first-order valence-corrected chi connectivity index (χ1v) is 16.3. The number of phenolic OH excluding ortho intramolecular Hbond substituents is 1. The Morgan fingerprint density at radius 1 is 0.913 bits per heavy atom. The summed E-state index contributed by atoms with van der Waals surface area (Å²) in [5.41, 5.74) is 1.67. The summed E-state index contributed by atoms with van der Waals surface area (Å²) in [5.74, 6) is -4.46. The van der Waals surface area contributed by atoms with E-state index in [0.29, 0.717) is 32.5 Å². The van der Waals surface area contributed by atoms with Crippen LogP contribution in [0.3, 0.4) is 0 Å². The Kier molecular flexibility index (Phi) is 7.18. The van der Waals surface area contributed by atoms with E-state index in [-0.39, 0.29) is 47.3 Å². The number of Topliss-reactive ketones (excluding diaryl/α,β-unsaturated/α-hetero) is 1. The molecule has 10 heteroatoms. The summed E-state index contributed by atoms with van der Waals surface area (Å²) in [4.78, 5) is 71.3. The number of methoxy groups -OCH3 is 1. The van der Waals surface area contributed by atoms with Crippen molar-refractivity contribution in [3.05, 3.63) is 93.1 Å². The highest BCUT2D eigenvalue weighted by Crippen LogP contribution is 2.64. The molecule has 1 saturated carbocycles. The minimum absolute atomic E-state index is 0.0265. The van der Waals surface area contributed by atoms with E-state index in [0.717, 1.165) is 5.57 Å². The zero-order chi connectivity index (χ0) is 32.7. The molecule has 6 unspecified atom stereocenters. The fraction of sp³-hybridized carbons (Fsp3) is 0.306. The molecule has 2 aliphatic carbocycles. The lowest BCUT2D eigenvalue weighted by molar-refractivity contribution is -0.131. The zero-order valence-corrected chi connectivity index (χ0v) is 27.6. The normalized spacial score (nSPS) is 28.5. The van der Waals surface area contributed by atoms with Crippen LogP contribution in [0.1, 0.15) is 48.5 Å². The number of phenols is 1. The minimum Gasteiger partial charge on any atom is -0.504 e. The Morgan fingerprint density at radius 3 is 2.24 bits per heavy atom. The van der Waals surface area contributed by atoms with Crippen molar-refractivity contribution < 1.29 is 33.8 Å². The van der Waals surface area contributed by atoms with Crippen molar-refractivity contribution in [2.45, 2.75) is 32.6 Å². The largest absolute Gasteiger partial charge is 0.504 e. The van der Waals surface area contributed by atoms with E-state index in [4.69, 9.17) is 4.74 Å². The molecular formula is C36H31IN2O7. The van der Waals surface area contributed by atoms with Gasteiger partial charge in [0.2, 0.25) is 23.6 Å². The van der Waals surface area contributed by atoms with E-state index in [1.54, 1.807) is 60.7 Å². The van der Waals surface area contributed by atoms with Crippen LogP contribution in [0.15, 0.2) is 78.4 Å². The van der Waals surface area contributed by atoms with Crippen LogP contribution in [0.25, 0.3) is 0 Å². The number of imide groups is 2. The molecule has 2 heterocycles. The number of ether oxygens (including phenoxy) is 1. The highest BCUT2D eigenvalue weighted by Gasteiger charge is 2.67. The van der Waals surface area contributed by atoms with Gasteiger partial charge in [-0.05, 0) is 109 Å². The van der Waals surface area contributed by atoms with Crippen molar-refractivity contribution in [1.82, 2.24) is 0 Å². The number of ketones is 1. The molecule has 4 aliphatic rings. The van der Waals surface area contributed by atoms with Crippen LogP contribution in [0.5, 0.6) is 11.5 Å². The Bertz CT molecular complexity index is 1870. The molecular weight excluding hydrogens is 699 g/mol.